The number of benzene rings is 1. The van der Waals surface area contributed by atoms with Gasteiger partial charge in [0.15, 0.2) is 4.91 Å². The van der Waals surface area contributed by atoms with E-state index in [1.165, 1.54) is 6.08 Å². The minimum atomic E-state index is -0.211. The van der Waals surface area contributed by atoms with E-state index in [9.17, 15) is 4.79 Å². The van der Waals surface area contributed by atoms with Crippen LogP contribution < -0.4 is 0 Å². The van der Waals surface area contributed by atoms with E-state index >= 15 is 0 Å². The summed E-state index contributed by atoms with van der Waals surface area (Å²) in [6.45, 7) is 0. The first-order valence-corrected chi connectivity index (χ1v) is 4.36. The van der Waals surface area contributed by atoms with Crippen molar-refractivity contribution in [2.45, 2.75) is 0 Å². The molecule has 2 rings (SSSR count). The molecular formula is C10H8NOS+. The molecule has 0 radical (unpaired) electrons. The third kappa shape index (κ3) is 1.21. The maximum atomic E-state index is 11.5. The van der Waals surface area contributed by atoms with Gasteiger partial charge in [0, 0.05) is 17.2 Å². The van der Waals surface area contributed by atoms with Gasteiger partial charge in [-0.15, -0.1) is 0 Å². The maximum absolute atomic E-state index is 11.5. The van der Waals surface area contributed by atoms with Crippen LogP contribution in [-0.4, -0.2) is 11.5 Å². The van der Waals surface area contributed by atoms with E-state index < -0.39 is 0 Å². The summed E-state index contributed by atoms with van der Waals surface area (Å²) in [4.78, 5) is 12.3. The summed E-state index contributed by atoms with van der Waals surface area (Å²) in [5.74, 6) is -0.211. The highest BCUT2D eigenvalue weighted by Crippen LogP contribution is 2.23. The molecule has 1 N–H and O–H groups in total. The van der Waals surface area contributed by atoms with Gasteiger partial charge in [-0.25, -0.2) is 0 Å². The van der Waals surface area contributed by atoms with Crippen LogP contribution in [-0.2, 0) is 12.6 Å². The van der Waals surface area contributed by atoms with Crippen molar-refractivity contribution in [1.82, 2.24) is 0 Å². The lowest BCUT2D eigenvalue weighted by atomic mass is 9.95. The predicted molar refractivity (Wildman–Crippen MR) is 56.6 cm³/mol. The summed E-state index contributed by atoms with van der Waals surface area (Å²) >= 11 is 3.38. The van der Waals surface area contributed by atoms with Crippen molar-refractivity contribution >= 4 is 29.0 Å². The quantitative estimate of drug-likeness (QED) is 0.615. The van der Waals surface area contributed by atoms with Crippen LogP contribution in [0.3, 0.4) is 0 Å². The number of carbonyl (C=O) groups is 1. The number of Topliss-reactive ketones (excluding diaryl/α,β-unsaturated/α-hetero) is 1. The Hall–Kier alpha value is -1.35. The van der Waals surface area contributed by atoms with E-state index in [1.54, 1.807) is 12.1 Å². The molecule has 1 aromatic carbocycles. The van der Waals surface area contributed by atoms with E-state index in [4.69, 9.17) is 5.41 Å². The van der Waals surface area contributed by atoms with Crippen LogP contribution in [0.1, 0.15) is 15.9 Å². The lowest BCUT2D eigenvalue weighted by molar-refractivity contribution is 0.106. The second-order valence-corrected chi connectivity index (χ2v) is 3.39. The topological polar surface area (TPSA) is 40.9 Å². The summed E-state index contributed by atoms with van der Waals surface area (Å²) in [5, 5.41) is 7.40. The Kier molecular flexibility index (Phi) is 1.81. The van der Waals surface area contributed by atoms with Gasteiger partial charge in [-0.1, -0.05) is 18.2 Å². The number of hydrogen-bond acceptors (Lipinski definition) is 2. The maximum Gasteiger partial charge on any atom is 0.211 e. The number of rotatable bonds is 0. The molecule has 13 heavy (non-hydrogen) atoms. The molecule has 1 aromatic rings. The number of hydrogen-bond donors (Lipinski definition) is 1. The Morgan fingerprint density at radius 1 is 1.15 bits per heavy atom. The van der Waals surface area contributed by atoms with E-state index in [1.807, 2.05) is 12.1 Å². The monoisotopic (exact) mass is 190 g/mol. The van der Waals surface area contributed by atoms with Gasteiger partial charge in [0.1, 0.15) is 5.71 Å². The average molecular weight is 190 g/mol. The number of nitrogens with one attached hydrogen (secondary N) is 1. The normalized spacial score (nSPS) is 15.3. The number of allylic oxidation sites excluding steroid dienone is 1. The summed E-state index contributed by atoms with van der Waals surface area (Å²) < 4.78 is 0. The summed E-state index contributed by atoms with van der Waals surface area (Å²) in [7, 11) is 0. The number of carbonyl (C=O) groups excluding carboxylic acids is 1. The Balaban J connectivity index is 2.72. The molecule has 64 valence electrons. The van der Waals surface area contributed by atoms with Crippen molar-refractivity contribution in [2.75, 3.05) is 0 Å². The largest absolute Gasteiger partial charge is 0.297 e. The molecule has 3 heteroatoms. The van der Waals surface area contributed by atoms with Crippen molar-refractivity contribution in [1.29, 1.82) is 5.41 Å². The fourth-order valence-electron chi connectivity index (χ4n) is 1.35. The van der Waals surface area contributed by atoms with Gasteiger partial charge in [0.05, 0.1) is 0 Å². The van der Waals surface area contributed by atoms with Crippen molar-refractivity contribution in [3.05, 3.63) is 41.5 Å². The highest BCUT2D eigenvalue weighted by Gasteiger charge is 2.23. The molecule has 0 heterocycles. The minimum Gasteiger partial charge on any atom is -0.297 e. The Labute approximate surface area is 81.2 Å². The second kappa shape index (κ2) is 2.85. The molecule has 0 saturated carbocycles. The zero-order valence-corrected chi connectivity index (χ0v) is 7.79. The fourth-order valence-corrected chi connectivity index (χ4v) is 1.71. The van der Waals surface area contributed by atoms with Crippen LogP contribution in [0.5, 0.6) is 0 Å². The second-order valence-electron chi connectivity index (χ2n) is 2.85. The third-order valence-electron chi connectivity index (χ3n) is 2.00. The number of fused-ring (bicyclic) bond motifs is 1. The molecule has 0 aliphatic heterocycles. The first-order valence-electron chi connectivity index (χ1n) is 3.86. The van der Waals surface area contributed by atoms with Gasteiger partial charge in [-0.2, -0.15) is 0 Å². The molecule has 2 nitrogen and oxygen atoms in total. The molecule has 1 aliphatic rings. The average Bonchev–Trinajstić information content (AvgIpc) is 2.15. The van der Waals surface area contributed by atoms with Gasteiger partial charge in [0.2, 0.25) is 5.78 Å². The first kappa shape index (κ1) is 8.26. The Morgan fingerprint density at radius 3 is 2.46 bits per heavy atom. The van der Waals surface area contributed by atoms with Gasteiger partial charge in [0.25, 0.3) is 0 Å². The highest BCUT2D eigenvalue weighted by atomic mass is 32.1. The molecule has 0 spiro atoms. The zero-order chi connectivity index (χ0) is 9.42. The molecule has 0 amide bonds. The van der Waals surface area contributed by atoms with E-state index in [0.717, 1.165) is 10.5 Å². The van der Waals surface area contributed by atoms with Crippen LogP contribution in [0.15, 0.2) is 30.3 Å². The van der Waals surface area contributed by atoms with Crippen molar-refractivity contribution in [3.8, 4) is 0 Å². The molecule has 0 saturated heterocycles. The SMILES string of the molecule is N=C1C=C([SH2+])c2ccccc2C1=O. The van der Waals surface area contributed by atoms with Crippen molar-refractivity contribution in [2.24, 2.45) is 0 Å². The molecule has 0 aromatic heterocycles. The van der Waals surface area contributed by atoms with Gasteiger partial charge >= 0.3 is 0 Å². The lowest BCUT2D eigenvalue weighted by Crippen LogP contribution is -2.17. The van der Waals surface area contributed by atoms with Crippen molar-refractivity contribution in [3.63, 3.8) is 0 Å². The van der Waals surface area contributed by atoms with E-state index in [2.05, 4.69) is 12.6 Å². The fraction of sp³-hybridized carbons (Fsp3) is 0. The van der Waals surface area contributed by atoms with Crippen LogP contribution in [0, 0.1) is 5.41 Å². The summed E-state index contributed by atoms with van der Waals surface area (Å²) in [5.41, 5.74) is 1.49. The lowest BCUT2D eigenvalue weighted by Gasteiger charge is -2.09. The standard InChI is InChI=1S/C10H7NOS/c11-8-5-9(13)6-3-1-2-4-7(6)10(8)12/h1-5,11,13H/p+1. The minimum absolute atomic E-state index is 0.0312. The van der Waals surface area contributed by atoms with Gasteiger partial charge < -0.3 is 0 Å². The summed E-state index contributed by atoms with van der Waals surface area (Å²) in [6, 6.07) is 7.27. The van der Waals surface area contributed by atoms with Gasteiger partial charge in [-0.05, 0) is 18.7 Å². The van der Waals surface area contributed by atoms with Crippen LogP contribution >= 0.6 is 0 Å². The molecule has 0 bridgehead atoms. The smallest absolute Gasteiger partial charge is 0.211 e. The van der Waals surface area contributed by atoms with Crippen LogP contribution in [0.25, 0.3) is 4.91 Å². The highest BCUT2D eigenvalue weighted by molar-refractivity contribution is 7.70. The summed E-state index contributed by atoms with van der Waals surface area (Å²) in [6.07, 6.45) is 1.53. The Morgan fingerprint density at radius 2 is 1.77 bits per heavy atom. The van der Waals surface area contributed by atoms with Crippen LogP contribution in [0.4, 0.5) is 0 Å². The van der Waals surface area contributed by atoms with Crippen molar-refractivity contribution < 1.29 is 4.79 Å². The number of ketones is 1. The van der Waals surface area contributed by atoms with Crippen LogP contribution in [0.2, 0.25) is 0 Å². The van der Waals surface area contributed by atoms with E-state index in [0.29, 0.717) is 5.56 Å². The van der Waals surface area contributed by atoms with Gasteiger partial charge in [-0.3, -0.25) is 10.2 Å². The molecular weight excluding hydrogens is 182 g/mol. The Bertz CT molecular complexity index is 434. The zero-order valence-electron chi connectivity index (χ0n) is 6.79. The predicted octanol–water partition coefficient (Wildman–Crippen LogP) is 1.26. The third-order valence-corrected chi connectivity index (χ3v) is 2.41. The molecule has 0 atom stereocenters. The first-order chi connectivity index (χ1) is 6.20. The molecule has 1 aliphatic carbocycles. The van der Waals surface area contributed by atoms with E-state index in [-0.39, 0.29) is 11.5 Å². The molecule has 0 fully saturated rings. The molecule has 0 unspecified atom stereocenters.